The third-order valence-electron chi connectivity index (χ3n) is 7.40. The Labute approximate surface area is 275 Å². The maximum atomic E-state index is 3.30. The van der Waals surface area contributed by atoms with Gasteiger partial charge in [-0.05, 0) is 27.2 Å². The zero-order valence-corrected chi connectivity index (χ0v) is 28.5. The molecule has 0 saturated heterocycles. The van der Waals surface area contributed by atoms with E-state index in [0.29, 0.717) is 0 Å². The predicted molar refractivity (Wildman–Crippen MR) is 184 cm³/mol. The molecule has 0 aliphatic heterocycles. The SMILES string of the molecule is Cc1cc(C)c(C2=CC[C-]=C2)c(C)c1.[CH3-].[CH3-].[Zr]=[C](c1ccccc1)c1ccccc1.[c-]1cccc2c1Cc1ccccc1-2. The average molecular weight is 636 g/mol. The summed E-state index contributed by atoms with van der Waals surface area (Å²) in [6, 6.07) is 43.7. The molecule has 7 rings (SSSR count). The van der Waals surface area contributed by atoms with E-state index in [0.717, 1.165) is 12.8 Å². The maximum Gasteiger partial charge on any atom is -0.0253 e. The number of fused-ring (bicyclic) bond motifs is 3. The average Bonchev–Trinajstić information content (AvgIpc) is 3.66. The van der Waals surface area contributed by atoms with Crippen LogP contribution in [0.25, 0.3) is 16.7 Å². The molecule has 0 amide bonds. The fourth-order valence-corrected chi connectivity index (χ4v) is 6.40. The second kappa shape index (κ2) is 16.3. The normalized spacial score (nSPS) is 11.6. The number of allylic oxidation sites excluding steroid dienone is 4. The Kier molecular flexibility index (Phi) is 12.8. The molecular weight excluding hydrogens is 596 g/mol. The van der Waals surface area contributed by atoms with E-state index in [4.69, 9.17) is 0 Å². The standard InChI is InChI=1S/C14H15.C13H9.C13H10.2CH3.Zr/c1-10-8-11(2)14(12(3)9-10)13-6-4-5-7-13;1-3-7-12-10(5-1)9-11-6-2-4-8-13(11)12;1-3-7-12(8-4-1)11-13-9-5-2-6-10-13;;;/h6-9H,4H2,1-3H3;1-5,7-8H,9H2;1-10H;2*1H3;/q2*-1;;2*-1;. The third-order valence-corrected chi connectivity index (χ3v) is 8.82. The van der Waals surface area contributed by atoms with E-state index in [-0.39, 0.29) is 14.9 Å². The van der Waals surface area contributed by atoms with Crippen molar-refractivity contribution in [3.8, 4) is 11.1 Å². The van der Waals surface area contributed by atoms with Gasteiger partial charge >= 0.3 is 99.2 Å². The van der Waals surface area contributed by atoms with Crippen LogP contribution in [-0.4, -0.2) is 3.21 Å². The van der Waals surface area contributed by atoms with Crippen LogP contribution in [-0.2, 0) is 30.7 Å². The van der Waals surface area contributed by atoms with E-state index in [1.54, 1.807) is 0 Å². The maximum absolute atomic E-state index is 3.30. The monoisotopic (exact) mass is 634 g/mol. The summed E-state index contributed by atoms with van der Waals surface area (Å²) in [6.45, 7) is 6.51. The molecule has 0 atom stereocenters. The van der Waals surface area contributed by atoms with Crippen molar-refractivity contribution < 1.29 is 24.2 Å². The molecule has 1 heteroatoms. The molecule has 0 nitrogen and oxygen atoms in total. The molecule has 0 bridgehead atoms. The van der Waals surface area contributed by atoms with Crippen molar-refractivity contribution in [1.82, 2.24) is 0 Å². The van der Waals surface area contributed by atoms with Gasteiger partial charge in [0.1, 0.15) is 0 Å². The van der Waals surface area contributed by atoms with Crippen molar-refractivity contribution in [3.63, 3.8) is 0 Å². The van der Waals surface area contributed by atoms with Crippen molar-refractivity contribution in [2.24, 2.45) is 0 Å². The summed E-state index contributed by atoms with van der Waals surface area (Å²) in [5, 5.41) is 0. The molecule has 0 spiro atoms. The topological polar surface area (TPSA) is 0 Å². The van der Waals surface area contributed by atoms with Crippen molar-refractivity contribution in [1.29, 1.82) is 0 Å². The Balaban J connectivity index is 0.000000173. The first kappa shape index (κ1) is 33.8. The predicted octanol–water partition coefficient (Wildman–Crippen LogP) is 10.5. The van der Waals surface area contributed by atoms with Crippen molar-refractivity contribution >= 4 is 8.78 Å². The Bertz CT molecular complexity index is 1600. The molecule has 0 saturated carbocycles. The molecule has 2 aliphatic carbocycles. The van der Waals surface area contributed by atoms with Crippen LogP contribution < -0.4 is 0 Å². The minimum absolute atomic E-state index is 0. The van der Waals surface area contributed by atoms with Gasteiger partial charge in [-0.25, -0.2) is 6.08 Å². The molecule has 0 fully saturated rings. The van der Waals surface area contributed by atoms with Gasteiger partial charge < -0.3 is 14.9 Å². The van der Waals surface area contributed by atoms with E-state index in [1.807, 2.05) is 6.07 Å². The molecule has 0 unspecified atom stereocenters. The van der Waals surface area contributed by atoms with Gasteiger partial charge in [0, 0.05) is 0 Å². The number of aryl methyl sites for hydroxylation is 3. The second-order valence-electron chi connectivity index (χ2n) is 10.5. The van der Waals surface area contributed by atoms with Crippen molar-refractivity contribution in [2.45, 2.75) is 33.6 Å². The van der Waals surface area contributed by atoms with Gasteiger partial charge in [-0.3, -0.25) is 6.08 Å². The number of hydrogen-bond acceptors (Lipinski definition) is 0. The quantitative estimate of drug-likeness (QED) is 0.170. The summed E-state index contributed by atoms with van der Waals surface area (Å²) in [4.78, 5) is 0. The van der Waals surface area contributed by atoms with Gasteiger partial charge in [0.25, 0.3) is 0 Å². The molecular formula is C42H40Zr-4. The summed E-state index contributed by atoms with van der Waals surface area (Å²) in [6.07, 6.45) is 9.57. The molecule has 216 valence electrons. The van der Waals surface area contributed by atoms with Crippen LogP contribution in [0.1, 0.15) is 50.9 Å². The molecule has 43 heavy (non-hydrogen) atoms. The fraction of sp³-hybridized carbons (Fsp3) is 0.119. The summed E-state index contributed by atoms with van der Waals surface area (Å²) < 4.78 is 1.42. The van der Waals surface area contributed by atoms with E-state index < -0.39 is 0 Å². The van der Waals surface area contributed by atoms with Crippen LogP contribution in [0.4, 0.5) is 0 Å². The minimum Gasteiger partial charge on any atom is -0.179 e. The van der Waals surface area contributed by atoms with Crippen LogP contribution in [0.3, 0.4) is 0 Å². The Morgan fingerprint density at radius 2 is 1.23 bits per heavy atom. The van der Waals surface area contributed by atoms with Gasteiger partial charge in [0.15, 0.2) is 0 Å². The molecule has 2 aliphatic rings. The van der Waals surface area contributed by atoms with Gasteiger partial charge in [0.2, 0.25) is 0 Å². The minimum atomic E-state index is 0. The summed E-state index contributed by atoms with van der Waals surface area (Å²) in [7, 11) is 0. The first-order valence-electron chi connectivity index (χ1n) is 14.1. The Morgan fingerprint density at radius 3 is 1.81 bits per heavy atom. The van der Waals surface area contributed by atoms with E-state index in [9.17, 15) is 0 Å². The smallest absolute Gasteiger partial charge is 0.0253 e. The zero-order chi connectivity index (χ0) is 28.6. The first-order valence-corrected chi connectivity index (χ1v) is 15.4. The van der Waals surface area contributed by atoms with Crippen LogP contribution in [0.2, 0.25) is 0 Å². The Morgan fingerprint density at radius 1 is 0.674 bits per heavy atom. The van der Waals surface area contributed by atoms with Crippen LogP contribution in [0.5, 0.6) is 0 Å². The van der Waals surface area contributed by atoms with E-state index in [1.165, 1.54) is 88.6 Å². The largest absolute Gasteiger partial charge is 0.179 e. The molecule has 0 N–H and O–H groups in total. The van der Waals surface area contributed by atoms with Crippen LogP contribution in [0.15, 0.2) is 127 Å². The summed E-state index contributed by atoms with van der Waals surface area (Å²) >= 11 is 1.46. The zero-order valence-electron chi connectivity index (χ0n) is 26.0. The van der Waals surface area contributed by atoms with Crippen LogP contribution >= 0.6 is 0 Å². The molecule has 5 aromatic rings. The van der Waals surface area contributed by atoms with Gasteiger partial charge in [-0.1, -0.05) is 69.8 Å². The Hall–Kier alpha value is -3.67. The molecule has 0 aromatic heterocycles. The van der Waals surface area contributed by atoms with Crippen LogP contribution in [0, 0.1) is 47.8 Å². The fourth-order valence-electron chi connectivity index (χ4n) is 5.58. The van der Waals surface area contributed by atoms with E-state index in [2.05, 4.69) is 154 Å². The van der Waals surface area contributed by atoms with Gasteiger partial charge in [0.05, 0.1) is 0 Å². The van der Waals surface area contributed by atoms with Gasteiger partial charge in [-0.2, -0.15) is 41.5 Å². The number of rotatable bonds is 3. The first-order chi connectivity index (χ1) is 20.0. The third kappa shape index (κ3) is 8.46. The van der Waals surface area contributed by atoms with E-state index >= 15 is 0 Å². The molecule has 0 heterocycles. The molecule has 0 radical (unpaired) electrons. The van der Waals surface area contributed by atoms with Crippen molar-refractivity contribution in [2.75, 3.05) is 0 Å². The number of benzene rings is 5. The summed E-state index contributed by atoms with van der Waals surface area (Å²) in [5.41, 5.74) is 15.0. The van der Waals surface area contributed by atoms with Gasteiger partial charge in [-0.15, -0.1) is 12.0 Å². The summed E-state index contributed by atoms with van der Waals surface area (Å²) in [5.74, 6) is 0. The molecule has 5 aromatic carbocycles. The second-order valence-corrected chi connectivity index (χ2v) is 11.7. The number of hydrogen-bond donors (Lipinski definition) is 0. The van der Waals surface area contributed by atoms with Crippen molar-refractivity contribution in [3.05, 3.63) is 199 Å².